The van der Waals surface area contributed by atoms with Crippen molar-refractivity contribution in [2.45, 2.75) is 31.0 Å². The molecule has 4 heteroatoms. The number of benzene rings is 1. The molecule has 0 heterocycles. The molecule has 1 aliphatic rings. The van der Waals surface area contributed by atoms with Crippen LogP contribution >= 0.6 is 0 Å². The van der Waals surface area contributed by atoms with Gasteiger partial charge < -0.3 is 4.74 Å². The molecule has 1 fully saturated rings. The molecule has 0 aromatic heterocycles. The van der Waals surface area contributed by atoms with Gasteiger partial charge in [-0.3, -0.25) is 0 Å². The molecule has 1 aliphatic carbocycles. The summed E-state index contributed by atoms with van der Waals surface area (Å²) in [6.07, 6.45) is 3.54. The van der Waals surface area contributed by atoms with Crippen molar-refractivity contribution in [2.24, 2.45) is 0 Å². The fourth-order valence-electron chi connectivity index (χ4n) is 1.71. The fourth-order valence-corrected chi connectivity index (χ4v) is 1.71. The van der Waals surface area contributed by atoms with Crippen LogP contribution in [0, 0.1) is 12.3 Å². The van der Waals surface area contributed by atoms with Crippen LogP contribution in [0.2, 0.25) is 0 Å². The van der Waals surface area contributed by atoms with E-state index >= 15 is 0 Å². The van der Waals surface area contributed by atoms with Crippen molar-refractivity contribution in [3.63, 3.8) is 0 Å². The summed E-state index contributed by atoms with van der Waals surface area (Å²) in [6.45, 7) is 0. The topological polar surface area (TPSA) is 9.23 Å². The SMILES string of the molecule is C#CC1(Oc2ccc(C(F)(F)F)cc2)CCC1. The molecule has 0 radical (unpaired) electrons. The molecule has 0 unspecified atom stereocenters. The highest BCUT2D eigenvalue weighted by atomic mass is 19.4. The Kier molecular flexibility index (Phi) is 2.78. The Balaban J connectivity index is 2.12. The number of halogens is 3. The van der Waals surface area contributed by atoms with Gasteiger partial charge in [0.2, 0.25) is 0 Å². The predicted octanol–water partition coefficient (Wildman–Crippen LogP) is 3.64. The third kappa shape index (κ3) is 2.38. The smallest absolute Gasteiger partial charge is 0.416 e. The number of hydrogen-bond donors (Lipinski definition) is 0. The summed E-state index contributed by atoms with van der Waals surface area (Å²) in [5.74, 6) is 2.95. The van der Waals surface area contributed by atoms with Crippen molar-refractivity contribution >= 4 is 0 Å². The van der Waals surface area contributed by atoms with E-state index in [0.717, 1.165) is 31.4 Å². The van der Waals surface area contributed by atoms with Gasteiger partial charge in [-0.15, -0.1) is 6.42 Å². The molecule has 1 saturated carbocycles. The van der Waals surface area contributed by atoms with E-state index in [1.54, 1.807) is 0 Å². The second kappa shape index (κ2) is 3.99. The van der Waals surface area contributed by atoms with E-state index in [0.29, 0.717) is 5.75 Å². The fraction of sp³-hybridized carbons (Fsp3) is 0.385. The summed E-state index contributed by atoms with van der Waals surface area (Å²) in [4.78, 5) is 0. The summed E-state index contributed by atoms with van der Waals surface area (Å²) >= 11 is 0. The predicted molar refractivity (Wildman–Crippen MR) is 57.5 cm³/mol. The van der Waals surface area contributed by atoms with Gasteiger partial charge in [-0.1, -0.05) is 5.92 Å². The van der Waals surface area contributed by atoms with Crippen LogP contribution in [0.3, 0.4) is 0 Å². The molecular weight excluding hydrogens is 229 g/mol. The van der Waals surface area contributed by atoms with Crippen LogP contribution in [0.1, 0.15) is 24.8 Å². The van der Waals surface area contributed by atoms with Crippen LogP contribution in [0.5, 0.6) is 5.75 Å². The van der Waals surface area contributed by atoms with Crippen LogP contribution < -0.4 is 4.74 Å². The quantitative estimate of drug-likeness (QED) is 0.717. The number of hydrogen-bond acceptors (Lipinski definition) is 1. The molecule has 0 bridgehead atoms. The monoisotopic (exact) mass is 240 g/mol. The second-order valence-electron chi connectivity index (χ2n) is 4.12. The maximum atomic E-state index is 12.3. The van der Waals surface area contributed by atoms with Gasteiger partial charge in [-0.05, 0) is 43.5 Å². The molecule has 90 valence electrons. The Morgan fingerprint density at radius 3 is 2.12 bits per heavy atom. The third-order valence-electron chi connectivity index (χ3n) is 2.92. The highest BCUT2D eigenvalue weighted by Crippen LogP contribution is 2.37. The molecule has 0 atom stereocenters. The third-order valence-corrected chi connectivity index (χ3v) is 2.92. The minimum absolute atomic E-state index is 0.385. The van der Waals surface area contributed by atoms with Gasteiger partial charge in [0.05, 0.1) is 5.56 Å². The Morgan fingerprint density at radius 1 is 1.18 bits per heavy atom. The van der Waals surface area contributed by atoms with Gasteiger partial charge in [0.15, 0.2) is 5.60 Å². The molecule has 2 rings (SSSR count). The zero-order chi connectivity index (χ0) is 12.5. The molecule has 0 saturated heterocycles. The first kappa shape index (κ1) is 11.8. The van der Waals surface area contributed by atoms with Crippen LogP contribution in [-0.4, -0.2) is 5.60 Å². The van der Waals surface area contributed by atoms with E-state index in [9.17, 15) is 13.2 Å². The van der Waals surface area contributed by atoms with Crippen molar-refractivity contribution in [2.75, 3.05) is 0 Å². The molecular formula is C13H11F3O. The zero-order valence-electron chi connectivity index (χ0n) is 9.05. The van der Waals surface area contributed by atoms with Gasteiger partial charge >= 0.3 is 6.18 Å². The van der Waals surface area contributed by atoms with E-state index in [1.165, 1.54) is 12.1 Å². The minimum atomic E-state index is -4.32. The minimum Gasteiger partial charge on any atom is -0.475 e. The summed E-state index contributed by atoms with van der Waals surface area (Å²) in [5.41, 5.74) is -1.30. The maximum absolute atomic E-state index is 12.3. The Bertz CT molecular complexity index is 435. The number of alkyl halides is 3. The van der Waals surface area contributed by atoms with Gasteiger partial charge in [-0.2, -0.15) is 13.2 Å². The lowest BCUT2D eigenvalue weighted by atomic mass is 9.81. The molecule has 0 aliphatic heterocycles. The lowest BCUT2D eigenvalue weighted by Crippen LogP contribution is -2.41. The molecule has 0 amide bonds. The van der Waals surface area contributed by atoms with Gasteiger partial charge in [-0.25, -0.2) is 0 Å². The van der Waals surface area contributed by atoms with Crippen molar-refractivity contribution in [1.82, 2.24) is 0 Å². The number of rotatable bonds is 2. The van der Waals surface area contributed by atoms with E-state index in [2.05, 4.69) is 5.92 Å². The Labute approximate surface area is 97.6 Å². The van der Waals surface area contributed by atoms with E-state index < -0.39 is 17.3 Å². The Hall–Kier alpha value is -1.63. The van der Waals surface area contributed by atoms with E-state index in [4.69, 9.17) is 11.2 Å². The normalized spacial score (nSPS) is 18.0. The Morgan fingerprint density at radius 2 is 1.76 bits per heavy atom. The van der Waals surface area contributed by atoms with E-state index in [1.807, 2.05) is 0 Å². The summed E-state index contributed by atoms with van der Waals surface area (Å²) in [5, 5.41) is 0. The molecule has 0 spiro atoms. The van der Waals surface area contributed by atoms with Crippen LogP contribution in [0.4, 0.5) is 13.2 Å². The van der Waals surface area contributed by atoms with Gasteiger partial charge in [0, 0.05) is 0 Å². The van der Waals surface area contributed by atoms with Crippen molar-refractivity contribution < 1.29 is 17.9 Å². The first-order valence-corrected chi connectivity index (χ1v) is 5.29. The van der Waals surface area contributed by atoms with Crippen LogP contribution in [0.15, 0.2) is 24.3 Å². The second-order valence-corrected chi connectivity index (χ2v) is 4.12. The summed E-state index contributed by atoms with van der Waals surface area (Å²) < 4.78 is 42.5. The molecule has 1 nitrogen and oxygen atoms in total. The average Bonchev–Trinajstić information content (AvgIpc) is 2.23. The van der Waals surface area contributed by atoms with Gasteiger partial charge in [0.1, 0.15) is 5.75 Å². The van der Waals surface area contributed by atoms with Crippen molar-refractivity contribution in [3.8, 4) is 18.1 Å². The lowest BCUT2D eigenvalue weighted by molar-refractivity contribution is -0.137. The highest BCUT2D eigenvalue weighted by Gasteiger charge is 2.37. The molecule has 0 N–H and O–H groups in total. The zero-order valence-corrected chi connectivity index (χ0v) is 9.05. The van der Waals surface area contributed by atoms with Crippen LogP contribution in [-0.2, 0) is 6.18 Å². The standard InChI is InChI=1S/C13H11F3O/c1-2-12(8-3-9-12)17-11-6-4-10(5-7-11)13(14,15)16/h1,4-7H,3,8-9H2. The average molecular weight is 240 g/mol. The van der Waals surface area contributed by atoms with Crippen LogP contribution in [0.25, 0.3) is 0 Å². The van der Waals surface area contributed by atoms with E-state index in [-0.39, 0.29) is 0 Å². The number of terminal acetylenes is 1. The maximum Gasteiger partial charge on any atom is 0.416 e. The first-order chi connectivity index (χ1) is 7.95. The summed E-state index contributed by atoms with van der Waals surface area (Å²) in [7, 11) is 0. The highest BCUT2D eigenvalue weighted by molar-refractivity contribution is 5.31. The summed E-state index contributed by atoms with van der Waals surface area (Å²) in [6, 6.07) is 4.61. The molecule has 1 aromatic carbocycles. The first-order valence-electron chi connectivity index (χ1n) is 5.29. The van der Waals surface area contributed by atoms with Gasteiger partial charge in [0.25, 0.3) is 0 Å². The molecule has 1 aromatic rings. The number of ether oxygens (including phenoxy) is 1. The van der Waals surface area contributed by atoms with Crippen molar-refractivity contribution in [1.29, 1.82) is 0 Å². The molecule has 17 heavy (non-hydrogen) atoms. The lowest BCUT2D eigenvalue weighted by Gasteiger charge is -2.37. The van der Waals surface area contributed by atoms with Crippen molar-refractivity contribution in [3.05, 3.63) is 29.8 Å². The largest absolute Gasteiger partial charge is 0.475 e.